The summed E-state index contributed by atoms with van der Waals surface area (Å²) < 4.78 is 23.6. The zero-order chi connectivity index (χ0) is 15.1. The number of amides is 2. The number of carbonyl (C=O) groups is 2. The van der Waals surface area contributed by atoms with Gasteiger partial charge < -0.3 is 10.2 Å². The minimum Gasteiger partial charge on any atom is -0.343 e. The smallest absolute Gasteiger partial charge is 0.245 e. The molecule has 3 unspecified atom stereocenters. The van der Waals surface area contributed by atoms with E-state index in [1.807, 2.05) is 13.8 Å². The fraction of sp³-hybridized carbons (Fsp3) is 0.846. The van der Waals surface area contributed by atoms with E-state index in [9.17, 15) is 18.0 Å². The van der Waals surface area contributed by atoms with Crippen molar-refractivity contribution in [3.8, 4) is 0 Å². The van der Waals surface area contributed by atoms with Gasteiger partial charge in [0.2, 0.25) is 11.8 Å². The van der Waals surface area contributed by atoms with Crippen LogP contribution in [0, 0.1) is 5.92 Å². The molecule has 0 spiro atoms. The average Bonchev–Trinajstić information content (AvgIpc) is 2.31. The summed E-state index contributed by atoms with van der Waals surface area (Å²) in [5, 5.41) is 2.67. The summed E-state index contributed by atoms with van der Waals surface area (Å²) in [6.07, 6.45) is 1.20. The third kappa shape index (κ3) is 2.82. The molecule has 114 valence electrons. The van der Waals surface area contributed by atoms with Gasteiger partial charge in [0.25, 0.3) is 0 Å². The van der Waals surface area contributed by atoms with Gasteiger partial charge in [-0.2, -0.15) is 0 Å². The minimum atomic E-state index is -3.11. The van der Waals surface area contributed by atoms with Crippen molar-refractivity contribution in [1.82, 2.24) is 10.2 Å². The van der Waals surface area contributed by atoms with Crippen molar-refractivity contribution in [3.05, 3.63) is 0 Å². The van der Waals surface area contributed by atoms with Gasteiger partial charge >= 0.3 is 0 Å². The van der Waals surface area contributed by atoms with Crippen molar-refractivity contribution in [2.24, 2.45) is 5.92 Å². The van der Waals surface area contributed by atoms with E-state index in [0.29, 0.717) is 12.8 Å². The molecular formula is C13H22N2O4S. The SMILES string of the molecule is CC1NC(=O)C(C(C)C)N(C2CCCS(=O)(=O)C2)C1=O. The zero-order valence-electron chi connectivity index (χ0n) is 12.1. The van der Waals surface area contributed by atoms with Gasteiger partial charge in [-0.15, -0.1) is 0 Å². The lowest BCUT2D eigenvalue weighted by Gasteiger charge is -2.45. The summed E-state index contributed by atoms with van der Waals surface area (Å²) in [6, 6.07) is -1.53. The minimum absolute atomic E-state index is 0.0258. The molecule has 6 nitrogen and oxygen atoms in total. The Morgan fingerprint density at radius 1 is 1.30 bits per heavy atom. The molecule has 2 rings (SSSR count). The number of hydrogen-bond donors (Lipinski definition) is 1. The quantitative estimate of drug-likeness (QED) is 0.774. The maximum absolute atomic E-state index is 12.4. The molecule has 7 heteroatoms. The highest BCUT2D eigenvalue weighted by molar-refractivity contribution is 7.91. The summed E-state index contributed by atoms with van der Waals surface area (Å²) in [5.41, 5.74) is 0. The van der Waals surface area contributed by atoms with Gasteiger partial charge in [0.05, 0.1) is 11.5 Å². The number of nitrogens with zero attached hydrogens (tertiary/aromatic N) is 1. The zero-order valence-corrected chi connectivity index (χ0v) is 12.9. The summed E-state index contributed by atoms with van der Waals surface area (Å²) >= 11 is 0. The van der Waals surface area contributed by atoms with E-state index in [4.69, 9.17) is 0 Å². The molecule has 2 heterocycles. The third-order valence-electron chi connectivity index (χ3n) is 4.02. The normalized spacial score (nSPS) is 34.2. The largest absolute Gasteiger partial charge is 0.343 e. The lowest BCUT2D eigenvalue weighted by atomic mass is 9.94. The van der Waals surface area contributed by atoms with Gasteiger partial charge in [-0.05, 0) is 25.7 Å². The number of nitrogens with one attached hydrogen (secondary N) is 1. The molecular weight excluding hydrogens is 280 g/mol. The molecule has 3 atom stereocenters. The molecule has 0 aromatic heterocycles. The van der Waals surface area contributed by atoms with Crippen molar-refractivity contribution in [1.29, 1.82) is 0 Å². The Morgan fingerprint density at radius 3 is 2.50 bits per heavy atom. The number of sulfone groups is 1. The average molecular weight is 302 g/mol. The second kappa shape index (κ2) is 5.35. The van der Waals surface area contributed by atoms with E-state index in [1.165, 1.54) is 4.90 Å². The molecule has 0 radical (unpaired) electrons. The van der Waals surface area contributed by atoms with Crippen molar-refractivity contribution < 1.29 is 18.0 Å². The maximum atomic E-state index is 12.4. The van der Waals surface area contributed by atoms with Gasteiger partial charge in [-0.25, -0.2) is 8.42 Å². The molecule has 0 bridgehead atoms. The number of carbonyl (C=O) groups excluding carboxylic acids is 2. The molecule has 20 heavy (non-hydrogen) atoms. The highest BCUT2D eigenvalue weighted by atomic mass is 32.2. The Labute approximate surface area is 119 Å². The molecule has 2 aliphatic rings. The summed E-state index contributed by atoms with van der Waals surface area (Å²) in [7, 11) is -3.11. The Hall–Kier alpha value is -1.11. The Kier molecular flexibility index (Phi) is 4.09. The molecule has 2 fully saturated rings. The highest BCUT2D eigenvalue weighted by Gasteiger charge is 2.45. The van der Waals surface area contributed by atoms with E-state index in [2.05, 4.69) is 5.32 Å². The van der Waals surface area contributed by atoms with Gasteiger partial charge in [-0.3, -0.25) is 9.59 Å². The molecule has 1 N–H and O–H groups in total. The van der Waals surface area contributed by atoms with Crippen LogP contribution in [0.3, 0.4) is 0 Å². The molecule has 0 aliphatic carbocycles. The molecule has 0 aromatic carbocycles. The van der Waals surface area contributed by atoms with Crippen LogP contribution < -0.4 is 5.32 Å². The fourth-order valence-corrected chi connectivity index (χ4v) is 4.78. The first kappa shape index (κ1) is 15.3. The first-order valence-electron chi connectivity index (χ1n) is 7.06. The van der Waals surface area contributed by atoms with Gasteiger partial charge in [-0.1, -0.05) is 13.8 Å². The second-order valence-corrected chi connectivity index (χ2v) is 8.30. The van der Waals surface area contributed by atoms with Crippen LogP contribution in [-0.4, -0.2) is 54.8 Å². The van der Waals surface area contributed by atoms with E-state index in [0.717, 1.165) is 0 Å². The third-order valence-corrected chi connectivity index (χ3v) is 5.82. The summed E-state index contributed by atoms with van der Waals surface area (Å²) in [4.78, 5) is 26.1. The Morgan fingerprint density at radius 2 is 1.95 bits per heavy atom. The number of piperazine rings is 1. The lowest BCUT2D eigenvalue weighted by molar-refractivity contribution is -0.153. The van der Waals surface area contributed by atoms with Gasteiger partial charge in [0, 0.05) is 6.04 Å². The van der Waals surface area contributed by atoms with Crippen LogP contribution in [0.15, 0.2) is 0 Å². The van der Waals surface area contributed by atoms with Crippen molar-refractivity contribution in [3.63, 3.8) is 0 Å². The van der Waals surface area contributed by atoms with Crippen LogP contribution in [0.1, 0.15) is 33.6 Å². The molecule has 2 saturated heterocycles. The van der Waals surface area contributed by atoms with E-state index >= 15 is 0 Å². The highest BCUT2D eigenvalue weighted by Crippen LogP contribution is 2.26. The van der Waals surface area contributed by atoms with E-state index < -0.39 is 21.9 Å². The van der Waals surface area contributed by atoms with Crippen molar-refractivity contribution in [2.45, 2.75) is 51.7 Å². The predicted octanol–water partition coefficient (Wildman–Crippen LogP) is -0.0649. The van der Waals surface area contributed by atoms with Crippen LogP contribution in [0.5, 0.6) is 0 Å². The van der Waals surface area contributed by atoms with Crippen molar-refractivity contribution in [2.75, 3.05) is 11.5 Å². The van der Waals surface area contributed by atoms with E-state index in [-0.39, 0.29) is 35.3 Å². The first-order chi connectivity index (χ1) is 9.23. The van der Waals surface area contributed by atoms with Crippen LogP contribution in [0.2, 0.25) is 0 Å². The lowest BCUT2D eigenvalue weighted by Crippen LogP contribution is -2.67. The van der Waals surface area contributed by atoms with Gasteiger partial charge in [0.1, 0.15) is 12.1 Å². The van der Waals surface area contributed by atoms with Gasteiger partial charge in [0.15, 0.2) is 9.84 Å². The molecule has 0 aromatic rings. The molecule has 0 saturated carbocycles. The van der Waals surface area contributed by atoms with E-state index in [1.54, 1.807) is 6.92 Å². The Bertz CT molecular complexity index is 514. The standard InChI is InChI=1S/C13H22N2O4S/c1-8(2)11-12(16)14-9(3)13(17)15(11)10-5-4-6-20(18,19)7-10/h8-11H,4-7H2,1-3H3,(H,14,16). The topological polar surface area (TPSA) is 83.6 Å². The number of hydrogen-bond acceptors (Lipinski definition) is 4. The predicted molar refractivity (Wildman–Crippen MR) is 74.8 cm³/mol. The van der Waals surface area contributed by atoms with Crippen LogP contribution in [0.4, 0.5) is 0 Å². The Balaban J connectivity index is 2.32. The molecule has 2 aliphatic heterocycles. The second-order valence-electron chi connectivity index (χ2n) is 6.08. The maximum Gasteiger partial charge on any atom is 0.245 e. The molecule has 2 amide bonds. The summed E-state index contributed by atoms with van der Waals surface area (Å²) in [6.45, 7) is 5.39. The monoisotopic (exact) mass is 302 g/mol. The number of rotatable bonds is 2. The first-order valence-corrected chi connectivity index (χ1v) is 8.88. The van der Waals surface area contributed by atoms with Crippen LogP contribution >= 0.6 is 0 Å². The van der Waals surface area contributed by atoms with Crippen molar-refractivity contribution >= 4 is 21.7 Å². The fourth-order valence-electron chi connectivity index (χ4n) is 3.10. The van der Waals surface area contributed by atoms with Crippen LogP contribution in [-0.2, 0) is 19.4 Å². The van der Waals surface area contributed by atoms with Crippen LogP contribution in [0.25, 0.3) is 0 Å². The summed E-state index contributed by atoms with van der Waals surface area (Å²) in [5.74, 6) is -0.252.